The zero-order valence-electron chi connectivity index (χ0n) is 14.0. The van der Waals surface area contributed by atoms with Crippen molar-refractivity contribution in [3.63, 3.8) is 0 Å². The molecule has 2 aliphatic rings. The van der Waals surface area contributed by atoms with Crippen molar-refractivity contribution in [2.24, 2.45) is 0 Å². The van der Waals surface area contributed by atoms with Gasteiger partial charge in [-0.1, -0.05) is 0 Å². The molecule has 1 atom stereocenters. The van der Waals surface area contributed by atoms with Crippen LogP contribution in [0.15, 0.2) is 4.42 Å². The van der Waals surface area contributed by atoms with Crippen LogP contribution in [0.3, 0.4) is 0 Å². The standard InChI is InChI=1S/C16H23N3O5/c1-10(17-16(21)22-2)15(20)19-6-3-13-12(9-19)18-14(24-13)11-4-7-23-8-5-11/h10-11H,3-9H2,1-2H3,(H,17,21). The number of ether oxygens (including phenoxy) is 2. The lowest BCUT2D eigenvalue weighted by Gasteiger charge is -2.28. The van der Waals surface area contributed by atoms with Gasteiger partial charge in [0.1, 0.15) is 17.5 Å². The minimum Gasteiger partial charge on any atom is -0.453 e. The molecule has 1 aromatic rings. The Labute approximate surface area is 140 Å². The minimum atomic E-state index is -0.638. The van der Waals surface area contributed by atoms with Crippen molar-refractivity contribution in [3.05, 3.63) is 17.3 Å². The highest BCUT2D eigenvalue weighted by Gasteiger charge is 2.30. The number of aromatic nitrogens is 1. The summed E-state index contributed by atoms with van der Waals surface area (Å²) in [5, 5.41) is 2.50. The van der Waals surface area contributed by atoms with Gasteiger partial charge in [-0.05, 0) is 19.8 Å². The van der Waals surface area contributed by atoms with Crippen LogP contribution >= 0.6 is 0 Å². The summed E-state index contributed by atoms with van der Waals surface area (Å²) in [6.45, 7) is 4.08. The van der Waals surface area contributed by atoms with E-state index in [-0.39, 0.29) is 5.91 Å². The first-order valence-corrected chi connectivity index (χ1v) is 8.28. The lowest BCUT2D eigenvalue weighted by molar-refractivity contribution is -0.134. The van der Waals surface area contributed by atoms with Crippen LogP contribution in [0.5, 0.6) is 0 Å². The lowest BCUT2D eigenvalue weighted by atomic mass is 10.0. The highest BCUT2D eigenvalue weighted by atomic mass is 16.5. The second kappa shape index (κ2) is 7.21. The second-order valence-electron chi connectivity index (χ2n) is 6.18. The van der Waals surface area contributed by atoms with Gasteiger partial charge >= 0.3 is 6.09 Å². The van der Waals surface area contributed by atoms with Crippen molar-refractivity contribution in [3.8, 4) is 0 Å². The van der Waals surface area contributed by atoms with Gasteiger partial charge in [0.05, 0.1) is 13.7 Å². The molecule has 1 fully saturated rings. The van der Waals surface area contributed by atoms with E-state index >= 15 is 0 Å². The number of hydrogen-bond donors (Lipinski definition) is 1. The number of carbonyl (C=O) groups excluding carboxylic acids is 2. The molecule has 24 heavy (non-hydrogen) atoms. The van der Waals surface area contributed by atoms with Crippen LogP contribution in [0.2, 0.25) is 0 Å². The molecule has 2 aliphatic heterocycles. The smallest absolute Gasteiger partial charge is 0.407 e. The summed E-state index contributed by atoms with van der Waals surface area (Å²) in [5.41, 5.74) is 0.821. The molecule has 0 aromatic carbocycles. The normalized spacial score (nSPS) is 19.5. The van der Waals surface area contributed by atoms with Crippen molar-refractivity contribution in [1.29, 1.82) is 0 Å². The van der Waals surface area contributed by atoms with Gasteiger partial charge in [0.25, 0.3) is 0 Å². The molecule has 132 valence electrons. The van der Waals surface area contributed by atoms with Crippen LogP contribution in [-0.2, 0) is 27.2 Å². The number of carbonyl (C=O) groups is 2. The molecule has 0 saturated carbocycles. The number of amides is 2. The van der Waals surface area contributed by atoms with Crippen LogP contribution in [-0.4, -0.2) is 54.8 Å². The van der Waals surface area contributed by atoms with Gasteiger partial charge < -0.3 is 24.1 Å². The Morgan fingerprint density at radius 2 is 2.12 bits per heavy atom. The minimum absolute atomic E-state index is 0.151. The molecular weight excluding hydrogens is 314 g/mol. The van der Waals surface area contributed by atoms with Gasteiger partial charge in [-0.2, -0.15) is 0 Å². The third kappa shape index (κ3) is 3.53. The zero-order valence-corrected chi connectivity index (χ0v) is 14.0. The highest BCUT2D eigenvalue weighted by Crippen LogP contribution is 2.30. The Morgan fingerprint density at radius 1 is 1.38 bits per heavy atom. The average molecular weight is 337 g/mol. The molecule has 0 bridgehead atoms. The lowest BCUT2D eigenvalue weighted by Crippen LogP contribution is -2.48. The summed E-state index contributed by atoms with van der Waals surface area (Å²) in [6, 6.07) is -0.638. The van der Waals surface area contributed by atoms with Crippen molar-refractivity contribution in [1.82, 2.24) is 15.2 Å². The summed E-state index contributed by atoms with van der Waals surface area (Å²) < 4.78 is 15.8. The largest absolute Gasteiger partial charge is 0.453 e. The fraction of sp³-hybridized carbons (Fsp3) is 0.688. The fourth-order valence-electron chi connectivity index (χ4n) is 3.10. The van der Waals surface area contributed by atoms with E-state index in [1.807, 2.05) is 0 Å². The maximum Gasteiger partial charge on any atom is 0.407 e. The SMILES string of the molecule is COC(=O)NC(C)C(=O)N1CCc2oc(C3CCOCC3)nc2C1. The third-order valence-electron chi connectivity index (χ3n) is 4.52. The van der Waals surface area contributed by atoms with Crippen molar-refractivity contribution in [2.45, 2.75) is 44.7 Å². The number of hydrogen-bond acceptors (Lipinski definition) is 6. The van der Waals surface area contributed by atoms with Crippen molar-refractivity contribution in [2.75, 3.05) is 26.9 Å². The molecule has 1 N–H and O–H groups in total. The summed E-state index contributed by atoms with van der Waals surface area (Å²) in [6.07, 6.45) is 1.86. The molecule has 0 radical (unpaired) electrons. The number of methoxy groups -OCH3 is 1. The van der Waals surface area contributed by atoms with Crippen molar-refractivity contribution >= 4 is 12.0 Å². The molecule has 8 nitrogen and oxygen atoms in total. The Kier molecular flexibility index (Phi) is 5.03. The number of alkyl carbamates (subject to hydrolysis) is 1. The van der Waals surface area contributed by atoms with E-state index in [0.29, 0.717) is 25.4 Å². The van der Waals surface area contributed by atoms with Gasteiger partial charge in [-0.15, -0.1) is 0 Å². The van der Waals surface area contributed by atoms with Gasteiger partial charge in [0, 0.05) is 32.1 Å². The molecule has 2 amide bonds. The molecule has 8 heteroatoms. The Morgan fingerprint density at radius 3 is 2.83 bits per heavy atom. The van der Waals surface area contributed by atoms with E-state index in [4.69, 9.17) is 9.15 Å². The van der Waals surface area contributed by atoms with Gasteiger partial charge in [0.2, 0.25) is 5.91 Å². The van der Waals surface area contributed by atoms with Gasteiger partial charge in [-0.25, -0.2) is 9.78 Å². The Balaban J connectivity index is 1.64. The van der Waals surface area contributed by atoms with Crippen LogP contribution in [0, 0.1) is 0 Å². The maximum absolute atomic E-state index is 12.4. The first kappa shape index (κ1) is 16.8. The fourth-order valence-corrected chi connectivity index (χ4v) is 3.10. The molecule has 1 unspecified atom stereocenters. The summed E-state index contributed by atoms with van der Waals surface area (Å²) in [5.74, 6) is 1.78. The predicted octanol–water partition coefficient (Wildman–Crippen LogP) is 1.20. The Hall–Kier alpha value is -2.09. The number of rotatable bonds is 3. The summed E-state index contributed by atoms with van der Waals surface area (Å²) in [4.78, 5) is 30.0. The first-order chi connectivity index (χ1) is 11.6. The number of oxazole rings is 1. The maximum atomic E-state index is 12.4. The van der Waals surface area contributed by atoms with Crippen LogP contribution < -0.4 is 5.32 Å². The monoisotopic (exact) mass is 337 g/mol. The third-order valence-corrected chi connectivity index (χ3v) is 4.52. The van der Waals surface area contributed by atoms with E-state index in [9.17, 15) is 9.59 Å². The average Bonchev–Trinajstić information content (AvgIpc) is 3.04. The topological polar surface area (TPSA) is 93.9 Å². The molecule has 0 aliphatic carbocycles. The molecule has 3 rings (SSSR count). The Bertz CT molecular complexity index is 609. The van der Waals surface area contributed by atoms with E-state index in [1.165, 1.54) is 7.11 Å². The summed E-state index contributed by atoms with van der Waals surface area (Å²) in [7, 11) is 1.27. The quantitative estimate of drug-likeness (QED) is 0.891. The number of nitrogens with zero attached hydrogens (tertiary/aromatic N) is 2. The highest BCUT2D eigenvalue weighted by molar-refractivity contribution is 5.85. The summed E-state index contributed by atoms with van der Waals surface area (Å²) >= 11 is 0. The molecule has 1 aromatic heterocycles. The van der Waals surface area contributed by atoms with Gasteiger partial charge in [-0.3, -0.25) is 4.79 Å². The zero-order chi connectivity index (χ0) is 17.1. The second-order valence-corrected chi connectivity index (χ2v) is 6.18. The van der Waals surface area contributed by atoms with E-state index in [0.717, 1.165) is 43.4 Å². The molecule has 0 spiro atoms. The van der Waals surface area contributed by atoms with E-state index < -0.39 is 12.1 Å². The van der Waals surface area contributed by atoms with E-state index in [1.54, 1.807) is 11.8 Å². The van der Waals surface area contributed by atoms with Crippen LogP contribution in [0.25, 0.3) is 0 Å². The first-order valence-electron chi connectivity index (χ1n) is 8.28. The molecule has 1 saturated heterocycles. The van der Waals surface area contributed by atoms with Crippen molar-refractivity contribution < 1.29 is 23.5 Å². The van der Waals surface area contributed by atoms with Crippen LogP contribution in [0.1, 0.15) is 43.0 Å². The number of nitrogens with one attached hydrogen (secondary N) is 1. The molecular formula is C16H23N3O5. The number of fused-ring (bicyclic) bond motifs is 1. The predicted molar refractivity (Wildman–Crippen MR) is 83.4 cm³/mol. The van der Waals surface area contributed by atoms with E-state index in [2.05, 4.69) is 15.0 Å². The van der Waals surface area contributed by atoms with Crippen LogP contribution in [0.4, 0.5) is 4.79 Å². The molecule has 3 heterocycles. The van der Waals surface area contributed by atoms with Gasteiger partial charge in [0.15, 0.2) is 5.89 Å².